The number of rotatable bonds is 10. The van der Waals surface area contributed by atoms with Crippen LogP contribution in [0.25, 0.3) is 0 Å². The van der Waals surface area contributed by atoms with Crippen LogP contribution < -0.4 is 0 Å². The zero-order chi connectivity index (χ0) is 30.9. The molecule has 1 aliphatic rings. The molecule has 0 bridgehead atoms. The first-order valence-corrected chi connectivity index (χ1v) is 9.41. The number of carbonyl (C=O) groups is 1. The van der Waals surface area contributed by atoms with Crippen molar-refractivity contribution in [3.8, 4) is 0 Å². The molecule has 38 heavy (non-hydrogen) atoms. The molecule has 2 N–H and O–H groups in total. The minimum Gasteiger partial charge on any atom is -0.503 e. The lowest BCUT2D eigenvalue weighted by Crippen LogP contribution is -2.74. The first-order valence-electron chi connectivity index (χ1n) is 9.41. The first kappa shape index (κ1) is 33.8. The maximum absolute atomic E-state index is 14.0. The van der Waals surface area contributed by atoms with Crippen LogP contribution in [0.2, 0.25) is 0 Å². The summed E-state index contributed by atoms with van der Waals surface area (Å²) in [7, 11) is 0.592. The number of aliphatic hydroxyl groups is 2. The smallest absolute Gasteiger partial charge is 0.460 e. The Balaban J connectivity index is 3.41. The predicted octanol–water partition coefficient (Wildman–Crippen LogP) is 5.81. The summed E-state index contributed by atoms with van der Waals surface area (Å²) in [6.45, 7) is -0.943. The van der Waals surface area contributed by atoms with E-state index in [1.807, 2.05) is 0 Å². The van der Waals surface area contributed by atoms with Gasteiger partial charge in [-0.2, -0.15) is 74.6 Å². The third-order valence-electron chi connectivity index (χ3n) is 5.50. The molecule has 21 heteroatoms. The molecule has 1 aliphatic carbocycles. The standard InChI is InChI=1S/C17H14F17NO3/c1-9(38)5-6(7(36)8(9)37)35(2)4-3-10(18,19)11(20,21)12(22,23)13(24,25)14(26,27)15(28,29)16(30,31)17(32,33)34/h36,38H,3-5H2,1-2H3. The van der Waals surface area contributed by atoms with Gasteiger partial charge in [0.2, 0.25) is 5.78 Å². The highest BCUT2D eigenvalue weighted by molar-refractivity contribution is 6.02. The Kier molecular flexibility index (Phi) is 7.92. The Bertz CT molecular complexity index is 967. The fourth-order valence-corrected chi connectivity index (χ4v) is 2.99. The summed E-state index contributed by atoms with van der Waals surface area (Å²) in [5.41, 5.74) is -3.15. The minimum atomic E-state index is -8.70. The molecule has 0 saturated heterocycles. The molecule has 0 saturated carbocycles. The highest BCUT2D eigenvalue weighted by Gasteiger charge is 2.95. The van der Waals surface area contributed by atoms with Gasteiger partial charge in [0.25, 0.3) is 0 Å². The largest absolute Gasteiger partial charge is 0.503 e. The molecule has 224 valence electrons. The minimum absolute atomic E-state index is 0.224. The number of nitrogens with zero attached hydrogens (tertiary/aromatic N) is 1. The van der Waals surface area contributed by atoms with Crippen molar-refractivity contribution in [2.45, 2.75) is 73.0 Å². The Labute approximate surface area is 199 Å². The van der Waals surface area contributed by atoms with E-state index >= 15 is 0 Å². The van der Waals surface area contributed by atoms with Gasteiger partial charge in [-0.3, -0.25) is 4.79 Å². The van der Waals surface area contributed by atoms with Crippen LogP contribution in [0.4, 0.5) is 74.6 Å². The molecule has 1 atom stereocenters. The Morgan fingerprint density at radius 3 is 1.37 bits per heavy atom. The maximum Gasteiger partial charge on any atom is 0.460 e. The normalized spacial score (nSPS) is 21.4. The molecule has 0 aromatic rings. The Morgan fingerprint density at radius 1 is 0.711 bits per heavy atom. The van der Waals surface area contributed by atoms with Gasteiger partial charge in [0, 0.05) is 26.4 Å². The Hall–Kier alpha value is -2.22. The number of alkyl halides is 17. The van der Waals surface area contributed by atoms with Gasteiger partial charge < -0.3 is 15.1 Å². The van der Waals surface area contributed by atoms with Crippen LogP contribution in [0.5, 0.6) is 0 Å². The molecule has 4 nitrogen and oxygen atoms in total. The quantitative estimate of drug-likeness (QED) is 0.310. The summed E-state index contributed by atoms with van der Waals surface area (Å²) in [6, 6.07) is 0. The molecule has 0 aliphatic heterocycles. The van der Waals surface area contributed by atoms with Gasteiger partial charge in [0.15, 0.2) is 5.76 Å². The van der Waals surface area contributed by atoms with E-state index in [1.54, 1.807) is 0 Å². The highest BCUT2D eigenvalue weighted by atomic mass is 19.4. The second-order valence-corrected chi connectivity index (χ2v) is 8.40. The van der Waals surface area contributed by atoms with Gasteiger partial charge >= 0.3 is 47.6 Å². The molecule has 0 spiro atoms. The summed E-state index contributed by atoms with van der Waals surface area (Å²) < 4.78 is 225. The van der Waals surface area contributed by atoms with Gasteiger partial charge in [-0.25, -0.2) is 0 Å². The van der Waals surface area contributed by atoms with Crippen molar-refractivity contribution in [3.63, 3.8) is 0 Å². The number of halogens is 17. The number of Topliss-reactive ketones (excluding diaryl/α,β-unsaturated/α-hetero) is 1. The number of hydrogen-bond acceptors (Lipinski definition) is 4. The topological polar surface area (TPSA) is 60.8 Å². The van der Waals surface area contributed by atoms with E-state index < -0.39 is 89.9 Å². The molecule has 1 unspecified atom stereocenters. The summed E-state index contributed by atoms with van der Waals surface area (Å²) in [4.78, 5) is 11.8. The van der Waals surface area contributed by atoms with Crippen LogP contribution in [0.3, 0.4) is 0 Å². The van der Waals surface area contributed by atoms with Gasteiger partial charge in [-0.15, -0.1) is 0 Å². The lowest BCUT2D eigenvalue weighted by atomic mass is 9.88. The van der Waals surface area contributed by atoms with Gasteiger partial charge in [-0.05, 0) is 6.92 Å². The lowest BCUT2D eigenvalue weighted by molar-refractivity contribution is -0.461. The average molecular weight is 603 g/mol. The van der Waals surface area contributed by atoms with E-state index in [2.05, 4.69) is 0 Å². The molecule has 0 aromatic heterocycles. The van der Waals surface area contributed by atoms with Gasteiger partial charge in [0.05, 0.1) is 5.70 Å². The summed E-state index contributed by atoms with van der Waals surface area (Å²) in [5, 5.41) is 19.2. The van der Waals surface area contributed by atoms with Crippen LogP contribution in [0.15, 0.2) is 11.5 Å². The first-order chi connectivity index (χ1) is 16.3. The van der Waals surface area contributed by atoms with E-state index in [0.717, 1.165) is 6.92 Å². The third-order valence-corrected chi connectivity index (χ3v) is 5.50. The fraction of sp³-hybridized carbons (Fsp3) is 0.824. The number of carbonyl (C=O) groups excluding carboxylic acids is 1. The molecular weight excluding hydrogens is 589 g/mol. The van der Waals surface area contributed by atoms with Crippen molar-refractivity contribution in [2.24, 2.45) is 0 Å². The molecule has 0 aromatic carbocycles. The van der Waals surface area contributed by atoms with Crippen molar-refractivity contribution < 1.29 is 89.6 Å². The molecule has 1 rings (SSSR count). The van der Waals surface area contributed by atoms with E-state index in [9.17, 15) is 89.6 Å². The summed E-state index contributed by atoms with van der Waals surface area (Å²) in [6.07, 6.45) is -11.5. The lowest BCUT2D eigenvalue weighted by Gasteiger charge is -2.43. The van der Waals surface area contributed by atoms with Crippen molar-refractivity contribution in [1.82, 2.24) is 4.90 Å². The highest BCUT2D eigenvalue weighted by Crippen LogP contribution is 2.64. The van der Waals surface area contributed by atoms with Crippen molar-refractivity contribution in [3.05, 3.63) is 11.5 Å². The fourth-order valence-electron chi connectivity index (χ4n) is 2.99. The van der Waals surface area contributed by atoms with E-state index in [0.29, 0.717) is 7.05 Å². The van der Waals surface area contributed by atoms with Crippen molar-refractivity contribution >= 4 is 5.78 Å². The van der Waals surface area contributed by atoms with E-state index in [4.69, 9.17) is 0 Å². The molecule has 0 amide bonds. The SMILES string of the molecule is CN(CCC(F)(F)C(F)(F)C(F)(F)C(F)(F)C(F)(F)C(F)(F)C(F)(F)C(F)(F)F)C1=C(O)C(=O)C(C)(O)C1. The van der Waals surface area contributed by atoms with Gasteiger partial charge in [0.1, 0.15) is 5.60 Å². The second kappa shape index (κ2) is 8.90. The number of hydrogen-bond donors (Lipinski definition) is 2. The third kappa shape index (κ3) is 4.50. The van der Waals surface area contributed by atoms with Gasteiger partial charge in [-0.1, -0.05) is 0 Å². The predicted molar refractivity (Wildman–Crippen MR) is 87.8 cm³/mol. The average Bonchev–Trinajstić information content (AvgIpc) is 2.93. The molecule has 0 radical (unpaired) electrons. The maximum atomic E-state index is 14.0. The van der Waals surface area contributed by atoms with E-state index in [1.165, 1.54) is 0 Å². The van der Waals surface area contributed by atoms with Crippen LogP contribution in [-0.2, 0) is 4.79 Å². The molecule has 0 fully saturated rings. The second-order valence-electron chi connectivity index (χ2n) is 8.40. The van der Waals surface area contributed by atoms with Crippen LogP contribution in [-0.4, -0.2) is 87.7 Å². The molecular formula is C17H14F17NO3. The molecule has 0 heterocycles. The number of ketones is 1. The van der Waals surface area contributed by atoms with Crippen LogP contribution in [0.1, 0.15) is 19.8 Å². The summed E-state index contributed by atoms with van der Waals surface area (Å²) >= 11 is 0. The number of aliphatic hydroxyl groups excluding tert-OH is 1. The van der Waals surface area contributed by atoms with Crippen molar-refractivity contribution in [2.75, 3.05) is 13.6 Å². The zero-order valence-corrected chi connectivity index (χ0v) is 18.3. The van der Waals surface area contributed by atoms with E-state index in [-0.39, 0.29) is 4.90 Å². The van der Waals surface area contributed by atoms with Crippen molar-refractivity contribution in [1.29, 1.82) is 0 Å². The monoisotopic (exact) mass is 603 g/mol. The zero-order valence-electron chi connectivity index (χ0n) is 18.3. The Morgan fingerprint density at radius 2 is 1.05 bits per heavy atom. The summed E-state index contributed by atoms with van der Waals surface area (Å²) in [5.74, 6) is -59.7. The van der Waals surface area contributed by atoms with Crippen LogP contribution >= 0.6 is 0 Å². The van der Waals surface area contributed by atoms with Crippen LogP contribution in [0, 0.1) is 0 Å².